The molecule has 2 atom stereocenters. The second-order valence-corrected chi connectivity index (χ2v) is 8.96. The van der Waals surface area contributed by atoms with Crippen LogP contribution in [-0.2, 0) is 16.6 Å². The van der Waals surface area contributed by atoms with Crippen LogP contribution < -0.4 is 0 Å². The SMILES string of the molecule is Cc1oncc1S(=O)(=O)N1C[C@H]2CC[C@@H]1CN(Cc1ccccc1)C2. The van der Waals surface area contributed by atoms with Gasteiger partial charge in [-0.15, -0.1) is 0 Å². The minimum atomic E-state index is -3.55. The number of sulfonamides is 1. The lowest BCUT2D eigenvalue weighted by Crippen LogP contribution is -2.47. The van der Waals surface area contributed by atoms with Crippen molar-refractivity contribution < 1.29 is 12.9 Å². The van der Waals surface area contributed by atoms with Crippen LogP contribution in [0, 0.1) is 12.8 Å². The zero-order chi connectivity index (χ0) is 17.4. The number of nitrogens with zero attached hydrogens (tertiary/aromatic N) is 3. The molecule has 0 spiro atoms. The number of aromatic nitrogens is 1. The van der Waals surface area contributed by atoms with E-state index in [1.165, 1.54) is 11.8 Å². The summed E-state index contributed by atoms with van der Waals surface area (Å²) in [5, 5.41) is 3.65. The van der Waals surface area contributed by atoms with E-state index in [1.807, 2.05) is 18.2 Å². The van der Waals surface area contributed by atoms with E-state index in [-0.39, 0.29) is 10.9 Å². The zero-order valence-corrected chi connectivity index (χ0v) is 15.2. The van der Waals surface area contributed by atoms with Gasteiger partial charge in [0.25, 0.3) is 0 Å². The van der Waals surface area contributed by atoms with Gasteiger partial charge in [-0.1, -0.05) is 35.5 Å². The maximum Gasteiger partial charge on any atom is 0.248 e. The van der Waals surface area contributed by atoms with Gasteiger partial charge in [-0.05, 0) is 31.2 Å². The molecule has 4 heterocycles. The Morgan fingerprint density at radius 3 is 2.68 bits per heavy atom. The lowest BCUT2D eigenvalue weighted by atomic mass is 9.97. The molecule has 0 unspecified atom stereocenters. The highest BCUT2D eigenvalue weighted by Crippen LogP contribution is 2.33. The van der Waals surface area contributed by atoms with E-state index in [2.05, 4.69) is 22.2 Å². The van der Waals surface area contributed by atoms with Gasteiger partial charge in [0.1, 0.15) is 4.90 Å². The first-order chi connectivity index (χ1) is 12.0. The first-order valence-electron chi connectivity index (χ1n) is 8.73. The summed E-state index contributed by atoms with van der Waals surface area (Å²) in [5.74, 6) is 0.735. The van der Waals surface area contributed by atoms with Crippen molar-refractivity contribution in [1.82, 2.24) is 14.4 Å². The van der Waals surface area contributed by atoms with E-state index >= 15 is 0 Å². The molecule has 2 bridgehead atoms. The smallest absolute Gasteiger partial charge is 0.248 e. The highest BCUT2D eigenvalue weighted by molar-refractivity contribution is 7.89. The summed E-state index contributed by atoms with van der Waals surface area (Å²) >= 11 is 0. The van der Waals surface area contributed by atoms with Crippen LogP contribution in [0.5, 0.6) is 0 Å². The highest BCUT2D eigenvalue weighted by Gasteiger charge is 2.42. The summed E-state index contributed by atoms with van der Waals surface area (Å²) in [6.45, 7) is 4.82. The number of rotatable bonds is 4. The fourth-order valence-electron chi connectivity index (χ4n) is 4.06. The van der Waals surface area contributed by atoms with E-state index in [9.17, 15) is 8.42 Å². The Morgan fingerprint density at radius 2 is 1.96 bits per heavy atom. The van der Waals surface area contributed by atoms with Crippen molar-refractivity contribution in [1.29, 1.82) is 0 Å². The second-order valence-electron chi connectivity index (χ2n) is 7.10. The molecule has 2 aromatic rings. The maximum atomic E-state index is 13.1. The molecule has 3 aliphatic rings. The van der Waals surface area contributed by atoms with Crippen molar-refractivity contribution in [3.05, 3.63) is 47.9 Å². The minimum absolute atomic E-state index is 0.0155. The Morgan fingerprint density at radius 1 is 1.16 bits per heavy atom. The summed E-state index contributed by atoms with van der Waals surface area (Å²) in [7, 11) is -3.55. The third-order valence-corrected chi connectivity index (χ3v) is 7.29. The van der Waals surface area contributed by atoms with Crippen LogP contribution in [0.4, 0.5) is 0 Å². The van der Waals surface area contributed by atoms with E-state index in [4.69, 9.17) is 4.52 Å². The maximum absolute atomic E-state index is 13.1. The lowest BCUT2D eigenvalue weighted by molar-refractivity contribution is 0.225. The van der Waals surface area contributed by atoms with Gasteiger partial charge in [0.15, 0.2) is 5.76 Å². The Balaban J connectivity index is 1.57. The molecule has 25 heavy (non-hydrogen) atoms. The van der Waals surface area contributed by atoms with Crippen molar-refractivity contribution in [2.75, 3.05) is 19.6 Å². The molecule has 7 heteroatoms. The van der Waals surface area contributed by atoms with Crippen molar-refractivity contribution >= 4 is 10.0 Å². The van der Waals surface area contributed by atoms with E-state index in [1.54, 1.807) is 11.2 Å². The van der Waals surface area contributed by atoms with Crippen molar-refractivity contribution in [3.8, 4) is 0 Å². The molecular formula is C18H23N3O3S. The second kappa shape index (κ2) is 6.55. The quantitative estimate of drug-likeness (QED) is 0.836. The molecule has 134 valence electrons. The predicted molar refractivity (Wildman–Crippen MR) is 93.4 cm³/mol. The third kappa shape index (κ3) is 3.23. The van der Waals surface area contributed by atoms with Crippen LogP contribution in [-0.4, -0.2) is 48.5 Å². The first-order valence-corrected chi connectivity index (χ1v) is 10.2. The first kappa shape index (κ1) is 16.8. The molecule has 1 aromatic heterocycles. The van der Waals surface area contributed by atoms with Gasteiger partial charge in [0.2, 0.25) is 10.0 Å². The van der Waals surface area contributed by atoms with Crippen LogP contribution in [0.15, 0.2) is 45.9 Å². The van der Waals surface area contributed by atoms with Gasteiger partial charge >= 0.3 is 0 Å². The molecule has 3 fully saturated rings. The van der Waals surface area contributed by atoms with Crippen molar-refractivity contribution in [2.24, 2.45) is 5.92 Å². The largest absolute Gasteiger partial charge is 0.360 e. The molecule has 0 N–H and O–H groups in total. The molecule has 3 saturated heterocycles. The minimum Gasteiger partial charge on any atom is -0.360 e. The number of fused-ring (bicyclic) bond motifs is 4. The standard InChI is InChI=1S/C18H23N3O3S/c1-14-18(9-19-24-14)25(22,23)21-12-16-7-8-17(21)13-20(11-16)10-15-5-3-2-4-6-15/h2-6,9,16-17H,7-8,10-13H2,1H3/t16-,17+/m0/s1. The summed E-state index contributed by atoms with van der Waals surface area (Å²) < 4.78 is 32.8. The van der Waals surface area contributed by atoms with Gasteiger partial charge in [-0.2, -0.15) is 4.31 Å². The molecule has 0 radical (unpaired) electrons. The molecule has 3 aliphatic heterocycles. The monoisotopic (exact) mass is 361 g/mol. The molecule has 5 rings (SSSR count). The van der Waals surface area contributed by atoms with Gasteiger partial charge in [-0.3, -0.25) is 4.90 Å². The molecule has 1 aromatic carbocycles. The predicted octanol–water partition coefficient (Wildman–Crippen LogP) is 2.27. The van der Waals surface area contributed by atoms with Crippen LogP contribution >= 0.6 is 0 Å². The molecule has 0 saturated carbocycles. The van der Waals surface area contributed by atoms with Gasteiger partial charge in [-0.25, -0.2) is 8.42 Å². The van der Waals surface area contributed by atoms with E-state index < -0.39 is 10.0 Å². The normalized spacial score (nSPS) is 25.2. The number of piperidine rings is 1. The lowest BCUT2D eigenvalue weighted by Gasteiger charge is -2.34. The number of hydrogen-bond acceptors (Lipinski definition) is 5. The molecule has 6 nitrogen and oxygen atoms in total. The van der Waals surface area contributed by atoms with Crippen LogP contribution in [0.25, 0.3) is 0 Å². The molecule has 0 amide bonds. The summed E-state index contributed by atoms with van der Waals surface area (Å²) in [6.07, 6.45) is 3.33. The summed E-state index contributed by atoms with van der Waals surface area (Å²) in [4.78, 5) is 2.60. The Hall–Kier alpha value is -1.70. The van der Waals surface area contributed by atoms with Crippen LogP contribution in [0.3, 0.4) is 0 Å². The van der Waals surface area contributed by atoms with Gasteiger partial charge < -0.3 is 4.52 Å². The average Bonchev–Trinajstić information content (AvgIpc) is 2.85. The topological polar surface area (TPSA) is 66.7 Å². The zero-order valence-electron chi connectivity index (χ0n) is 14.3. The summed E-state index contributed by atoms with van der Waals surface area (Å²) in [6, 6.07) is 10.4. The van der Waals surface area contributed by atoms with Crippen LogP contribution in [0.2, 0.25) is 0 Å². The average molecular weight is 361 g/mol. The van der Waals surface area contributed by atoms with Crippen LogP contribution in [0.1, 0.15) is 24.2 Å². The fraction of sp³-hybridized carbons (Fsp3) is 0.500. The summed E-state index contributed by atoms with van der Waals surface area (Å²) in [5.41, 5.74) is 1.27. The van der Waals surface area contributed by atoms with Gasteiger partial charge in [0.05, 0.1) is 6.20 Å². The molecule has 0 aliphatic carbocycles. The number of aryl methyl sites for hydroxylation is 1. The Bertz CT molecular complexity index is 834. The van der Waals surface area contributed by atoms with Crippen molar-refractivity contribution in [3.63, 3.8) is 0 Å². The number of benzene rings is 1. The highest BCUT2D eigenvalue weighted by atomic mass is 32.2. The van der Waals surface area contributed by atoms with E-state index in [0.29, 0.717) is 18.2 Å². The fourth-order valence-corrected chi connectivity index (χ4v) is 5.87. The van der Waals surface area contributed by atoms with E-state index in [0.717, 1.165) is 32.5 Å². The van der Waals surface area contributed by atoms with Gasteiger partial charge in [0, 0.05) is 32.2 Å². The Labute approximate surface area is 148 Å². The third-order valence-electron chi connectivity index (χ3n) is 5.28. The molecular weight excluding hydrogens is 338 g/mol. The Kier molecular flexibility index (Phi) is 4.39. The number of hydrogen-bond donors (Lipinski definition) is 0. The van der Waals surface area contributed by atoms with Crippen molar-refractivity contribution in [2.45, 2.75) is 37.2 Å².